The summed E-state index contributed by atoms with van der Waals surface area (Å²) in [6.07, 6.45) is 3.04. The van der Waals surface area contributed by atoms with Crippen LogP contribution in [0.25, 0.3) is 0 Å². The van der Waals surface area contributed by atoms with Crippen molar-refractivity contribution in [2.24, 2.45) is 11.8 Å². The van der Waals surface area contributed by atoms with E-state index in [1.807, 2.05) is 12.1 Å². The third kappa shape index (κ3) is 4.87. The average molecular weight is 405 g/mol. The van der Waals surface area contributed by atoms with Gasteiger partial charge in [0.15, 0.2) is 0 Å². The summed E-state index contributed by atoms with van der Waals surface area (Å²) in [6.45, 7) is 2.49. The molecule has 0 aliphatic heterocycles. The highest BCUT2D eigenvalue weighted by atomic mass is 16.2. The lowest BCUT2D eigenvalue weighted by Crippen LogP contribution is -2.27. The third-order valence-electron chi connectivity index (χ3n) is 5.72. The van der Waals surface area contributed by atoms with Crippen molar-refractivity contribution in [3.8, 4) is 0 Å². The second-order valence-corrected chi connectivity index (χ2v) is 8.50. The van der Waals surface area contributed by atoms with E-state index in [0.29, 0.717) is 35.3 Å². The van der Waals surface area contributed by atoms with Crippen LogP contribution in [0.5, 0.6) is 0 Å². The molecular weight excluding hydrogens is 378 g/mol. The molecule has 0 radical (unpaired) electrons. The fraction of sp³-hybridized carbons (Fsp3) is 0.375. The molecule has 30 heavy (non-hydrogen) atoms. The maximum Gasteiger partial charge on any atom is 0.253 e. The van der Waals surface area contributed by atoms with E-state index in [0.717, 1.165) is 24.8 Å². The Morgan fingerprint density at radius 3 is 2.37 bits per heavy atom. The fourth-order valence-corrected chi connectivity index (χ4v) is 3.48. The molecule has 2 unspecified atom stereocenters. The van der Waals surface area contributed by atoms with Crippen molar-refractivity contribution in [1.29, 1.82) is 0 Å². The Balaban J connectivity index is 1.35. The first-order valence-electron chi connectivity index (χ1n) is 10.5. The number of carbonyl (C=O) groups is 3. The maximum atomic E-state index is 12.8. The number of nitrogens with zero attached hydrogens (tertiary/aromatic N) is 1. The highest BCUT2D eigenvalue weighted by molar-refractivity contribution is 5.98. The summed E-state index contributed by atoms with van der Waals surface area (Å²) in [5, 5.41) is 5.87. The van der Waals surface area contributed by atoms with Gasteiger partial charge in [0.2, 0.25) is 5.91 Å². The third-order valence-corrected chi connectivity index (χ3v) is 5.72. The van der Waals surface area contributed by atoms with Gasteiger partial charge in [-0.3, -0.25) is 14.4 Å². The van der Waals surface area contributed by atoms with E-state index in [1.54, 1.807) is 48.3 Å². The summed E-state index contributed by atoms with van der Waals surface area (Å²) in [7, 11) is 1.74. The summed E-state index contributed by atoms with van der Waals surface area (Å²) < 4.78 is 0. The Hall–Kier alpha value is -3.15. The van der Waals surface area contributed by atoms with E-state index in [9.17, 15) is 14.4 Å². The SMILES string of the molecule is CC1CC1C(=O)Nc1cccc(C(=O)N(C)Cc2ccc(C(=O)NC3CC3)cc2)c1. The van der Waals surface area contributed by atoms with Gasteiger partial charge in [-0.05, 0) is 61.1 Å². The van der Waals surface area contributed by atoms with Gasteiger partial charge in [0.25, 0.3) is 11.8 Å². The molecule has 0 heterocycles. The van der Waals surface area contributed by atoms with Crippen LogP contribution in [0.15, 0.2) is 48.5 Å². The van der Waals surface area contributed by atoms with Gasteiger partial charge in [0, 0.05) is 42.4 Å². The summed E-state index contributed by atoms with van der Waals surface area (Å²) in [5.74, 6) is 0.370. The van der Waals surface area contributed by atoms with Crippen LogP contribution in [0, 0.1) is 11.8 Å². The van der Waals surface area contributed by atoms with Gasteiger partial charge in [0.1, 0.15) is 0 Å². The summed E-state index contributed by atoms with van der Waals surface area (Å²) in [4.78, 5) is 38.7. The van der Waals surface area contributed by atoms with Crippen molar-refractivity contribution in [3.05, 3.63) is 65.2 Å². The van der Waals surface area contributed by atoms with Gasteiger partial charge in [-0.15, -0.1) is 0 Å². The quantitative estimate of drug-likeness (QED) is 0.741. The molecule has 3 amide bonds. The summed E-state index contributed by atoms with van der Waals surface area (Å²) >= 11 is 0. The van der Waals surface area contributed by atoms with Crippen LogP contribution in [0.3, 0.4) is 0 Å². The molecule has 6 nitrogen and oxygen atoms in total. The Bertz CT molecular complexity index is 966. The molecule has 0 saturated heterocycles. The topological polar surface area (TPSA) is 78.5 Å². The van der Waals surface area contributed by atoms with Crippen LogP contribution in [0.2, 0.25) is 0 Å². The first-order valence-corrected chi connectivity index (χ1v) is 10.5. The van der Waals surface area contributed by atoms with Gasteiger partial charge in [-0.25, -0.2) is 0 Å². The molecule has 2 aliphatic carbocycles. The normalized spacial score (nSPS) is 19.7. The predicted octanol–water partition coefficient (Wildman–Crippen LogP) is 3.45. The maximum absolute atomic E-state index is 12.8. The highest BCUT2D eigenvalue weighted by Gasteiger charge is 2.39. The van der Waals surface area contributed by atoms with Gasteiger partial charge >= 0.3 is 0 Å². The van der Waals surface area contributed by atoms with E-state index < -0.39 is 0 Å². The smallest absolute Gasteiger partial charge is 0.253 e. The molecule has 2 aromatic rings. The second kappa shape index (κ2) is 8.30. The zero-order chi connectivity index (χ0) is 21.3. The Labute approximate surface area is 176 Å². The average Bonchev–Trinajstić information content (AvgIpc) is 3.66. The molecule has 2 N–H and O–H groups in total. The molecule has 2 aromatic carbocycles. The minimum absolute atomic E-state index is 0.0197. The minimum Gasteiger partial charge on any atom is -0.349 e. The molecule has 2 saturated carbocycles. The molecule has 156 valence electrons. The largest absolute Gasteiger partial charge is 0.349 e. The second-order valence-electron chi connectivity index (χ2n) is 8.50. The van der Waals surface area contributed by atoms with Crippen LogP contribution in [-0.4, -0.2) is 35.7 Å². The van der Waals surface area contributed by atoms with Crippen molar-refractivity contribution >= 4 is 23.4 Å². The van der Waals surface area contributed by atoms with E-state index in [1.165, 1.54) is 0 Å². The molecule has 2 atom stereocenters. The van der Waals surface area contributed by atoms with Crippen molar-refractivity contribution in [3.63, 3.8) is 0 Å². The first-order chi connectivity index (χ1) is 14.4. The number of anilines is 1. The summed E-state index contributed by atoms with van der Waals surface area (Å²) in [5.41, 5.74) is 2.75. The van der Waals surface area contributed by atoms with Gasteiger partial charge in [-0.2, -0.15) is 0 Å². The Kier molecular flexibility index (Phi) is 5.57. The van der Waals surface area contributed by atoms with E-state index in [4.69, 9.17) is 0 Å². The Morgan fingerprint density at radius 1 is 1.03 bits per heavy atom. The summed E-state index contributed by atoms with van der Waals surface area (Å²) in [6, 6.07) is 14.7. The number of rotatable bonds is 7. The Morgan fingerprint density at radius 2 is 1.73 bits per heavy atom. The van der Waals surface area contributed by atoms with Crippen molar-refractivity contribution in [1.82, 2.24) is 10.2 Å². The van der Waals surface area contributed by atoms with Gasteiger partial charge in [-0.1, -0.05) is 25.1 Å². The standard InChI is InChI=1S/C24H27N3O3/c1-15-12-21(15)23(29)26-20-5-3-4-18(13-20)24(30)27(2)14-16-6-8-17(9-7-16)22(28)25-19-10-11-19/h3-9,13,15,19,21H,10-12,14H2,1-2H3,(H,25,28)(H,26,29). The lowest BCUT2D eigenvalue weighted by molar-refractivity contribution is -0.117. The number of benzene rings is 2. The minimum atomic E-state index is -0.124. The number of nitrogens with one attached hydrogen (secondary N) is 2. The zero-order valence-corrected chi connectivity index (χ0v) is 17.4. The number of hydrogen-bond acceptors (Lipinski definition) is 3. The zero-order valence-electron chi connectivity index (χ0n) is 17.4. The lowest BCUT2D eigenvalue weighted by Gasteiger charge is -2.18. The van der Waals surface area contributed by atoms with Gasteiger partial charge < -0.3 is 15.5 Å². The molecule has 0 spiro atoms. The molecule has 6 heteroatoms. The van der Waals surface area contributed by atoms with E-state index in [-0.39, 0.29) is 23.6 Å². The van der Waals surface area contributed by atoms with Crippen molar-refractivity contribution < 1.29 is 14.4 Å². The number of hydrogen-bond donors (Lipinski definition) is 2. The number of carbonyl (C=O) groups excluding carboxylic acids is 3. The monoisotopic (exact) mass is 405 g/mol. The molecule has 4 rings (SSSR count). The van der Waals surface area contributed by atoms with Crippen LogP contribution >= 0.6 is 0 Å². The van der Waals surface area contributed by atoms with Crippen LogP contribution in [-0.2, 0) is 11.3 Å². The predicted molar refractivity (Wildman–Crippen MR) is 115 cm³/mol. The van der Waals surface area contributed by atoms with Crippen molar-refractivity contribution in [2.45, 2.75) is 38.8 Å². The molecule has 2 aliphatic rings. The fourth-order valence-electron chi connectivity index (χ4n) is 3.48. The van der Waals surface area contributed by atoms with E-state index >= 15 is 0 Å². The molecular formula is C24H27N3O3. The van der Waals surface area contributed by atoms with Crippen molar-refractivity contribution in [2.75, 3.05) is 12.4 Å². The van der Waals surface area contributed by atoms with E-state index in [2.05, 4.69) is 17.6 Å². The number of amides is 3. The lowest BCUT2D eigenvalue weighted by atomic mass is 10.1. The first kappa shape index (κ1) is 20.1. The molecule has 2 fully saturated rings. The van der Waals surface area contributed by atoms with Gasteiger partial charge in [0.05, 0.1) is 0 Å². The molecule has 0 bridgehead atoms. The molecule has 0 aromatic heterocycles. The van der Waals surface area contributed by atoms with Crippen LogP contribution < -0.4 is 10.6 Å². The van der Waals surface area contributed by atoms with Crippen LogP contribution in [0.4, 0.5) is 5.69 Å². The van der Waals surface area contributed by atoms with Crippen LogP contribution in [0.1, 0.15) is 52.5 Å². The highest BCUT2D eigenvalue weighted by Crippen LogP contribution is 2.38.